The molecule has 2 aliphatic rings. The molecule has 1 amide bonds. The third kappa shape index (κ3) is 1.78. The van der Waals surface area contributed by atoms with Crippen molar-refractivity contribution in [2.75, 3.05) is 18.1 Å². The Labute approximate surface area is 108 Å². The first kappa shape index (κ1) is 11.6. The van der Waals surface area contributed by atoms with Crippen molar-refractivity contribution in [3.05, 3.63) is 28.8 Å². The lowest BCUT2D eigenvalue weighted by atomic mass is 9.94. The van der Waals surface area contributed by atoms with Gasteiger partial charge in [-0.15, -0.1) is 0 Å². The minimum atomic E-state index is -0.198. The van der Waals surface area contributed by atoms with Gasteiger partial charge in [0.25, 0.3) is 0 Å². The van der Waals surface area contributed by atoms with Gasteiger partial charge in [0.2, 0.25) is 0 Å². The van der Waals surface area contributed by atoms with Crippen LogP contribution in [0.25, 0.3) is 0 Å². The summed E-state index contributed by atoms with van der Waals surface area (Å²) < 4.78 is 5.14. The maximum Gasteiger partial charge on any atom is 0.414 e. The van der Waals surface area contributed by atoms with Gasteiger partial charge in [-0.05, 0) is 61.8 Å². The van der Waals surface area contributed by atoms with Crippen molar-refractivity contribution in [3.63, 3.8) is 0 Å². The Morgan fingerprint density at radius 3 is 2.89 bits per heavy atom. The molecule has 1 aliphatic heterocycles. The predicted molar refractivity (Wildman–Crippen MR) is 71.2 cm³/mol. The van der Waals surface area contributed by atoms with E-state index in [-0.39, 0.29) is 6.09 Å². The first-order valence-corrected chi connectivity index (χ1v) is 6.89. The highest BCUT2D eigenvalue weighted by Crippen LogP contribution is 2.36. The first-order chi connectivity index (χ1) is 8.81. The van der Waals surface area contributed by atoms with Gasteiger partial charge in [-0.2, -0.15) is 0 Å². The molecule has 0 N–H and O–H groups in total. The van der Waals surface area contributed by atoms with Crippen LogP contribution in [0.4, 0.5) is 10.5 Å². The highest BCUT2D eigenvalue weighted by Gasteiger charge is 2.27. The average molecular weight is 245 g/mol. The molecule has 3 nitrogen and oxygen atoms in total. The Morgan fingerprint density at radius 2 is 2.06 bits per heavy atom. The number of aryl methyl sites for hydroxylation is 1. The van der Waals surface area contributed by atoms with Crippen molar-refractivity contribution in [2.45, 2.75) is 39.0 Å². The maximum atomic E-state index is 12.0. The van der Waals surface area contributed by atoms with E-state index in [4.69, 9.17) is 4.74 Å². The molecule has 0 radical (unpaired) electrons. The number of carbonyl (C=O) groups excluding carboxylic acids is 1. The second kappa shape index (κ2) is 4.63. The molecule has 1 heterocycles. The van der Waals surface area contributed by atoms with Crippen LogP contribution in [0.2, 0.25) is 0 Å². The fraction of sp³-hybridized carbons (Fsp3) is 0.533. The van der Waals surface area contributed by atoms with E-state index in [2.05, 4.69) is 12.1 Å². The lowest BCUT2D eigenvalue weighted by Crippen LogP contribution is -2.36. The highest BCUT2D eigenvalue weighted by atomic mass is 16.6. The summed E-state index contributed by atoms with van der Waals surface area (Å²) in [7, 11) is 0. The third-order valence-electron chi connectivity index (χ3n) is 3.96. The summed E-state index contributed by atoms with van der Waals surface area (Å²) in [5, 5.41) is 0. The SMILES string of the molecule is CCOC(=O)N1CCCc2c1ccc1c2CCC1. The van der Waals surface area contributed by atoms with Gasteiger partial charge in [-0.1, -0.05) is 6.07 Å². The summed E-state index contributed by atoms with van der Waals surface area (Å²) in [6.45, 7) is 3.08. The summed E-state index contributed by atoms with van der Waals surface area (Å²) in [4.78, 5) is 13.8. The fourth-order valence-corrected chi connectivity index (χ4v) is 3.19. The van der Waals surface area contributed by atoms with Crippen molar-refractivity contribution >= 4 is 11.8 Å². The van der Waals surface area contributed by atoms with Crippen LogP contribution >= 0.6 is 0 Å². The number of benzene rings is 1. The van der Waals surface area contributed by atoms with Gasteiger partial charge in [0.15, 0.2) is 0 Å². The van der Waals surface area contributed by atoms with Crippen LogP contribution in [0.5, 0.6) is 0 Å². The summed E-state index contributed by atoms with van der Waals surface area (Å²) in [6.07, 6.45) is 5.58. The van der Waals surface area contributed by atoms with Crippen molar-refractivity contribution in [1.29, 1.82) is 0 Å². The van der Waals surface area contributed by atoms with Crippen LogP contribution in [0.1, 0.15) is 36.5 Å². The molecule has 0 unspecified atom stereocenters. The number of anilines is 1. The van der Waals surface area contributed by atoms with E-state index in [1.165, 1.54) is 36.0 Å². The number of nitrogens with zero attached hydrogens (tertiary/aromatic N) is 1. The Balaban J connectivity index is 1.99. The number of amides is 1. The molecule has 96 valence electrons. The monoisotopic (exact) mass is 245 g/mol. The summed E-state index contributed by atoms with van der Waals surface area (Å²) in [5.74, 6) is 0. The summed E-state index contributed by atoms with van der Waals surface area (Å²) in [5.41, 5.74) is 5.46. The summed E-state index contributed by atoms with van der Waals surface area (Å²) >= 11 is 0. The first-order valence-electron chi connectivity index (χ1n) is 6.89. The van der Waals surface area contributed by atoms with Crippen LogP contribution in [0, 0.1) is 0 Å². The maximum absolute atomic E-state index is 12.0. The lowest BCUT2D eigenvalue weighted by molar-refractivity contribution is 0.159. The number of hydrogen-bond donors (Lipinski definition) is 0. The van der Waals surface area contributed by atoms with E-state index >= 15 is 0 Å². The second-order valence-electron chi connectivity index (χ2n) is 5.01. The fourth-order valence-electron chi connectivity index (χ4n) is 3.19. The van der Waals surface area contributed by atoms with Gasteiger partial charge in [0, 0.05) is 6.54 Å². The van der Waals surface area contributed by atoms with Crippen LogP contribution < -0.4 is 4.90 Å². The van der Waals surface area contributed by atoms with E-state index in [0.717, 1.165) is 25.1 Å². The van der Waals surface area contributed by atoms with E-state index in [1.54, 1.807) is 4.90 Å². The molecule has 0 bridgehead atoms. The standard InChI is InChI=1S/C15H19NO2/c1-2-18-15(17)16-10-4-7-13-12-6-3-5-11(12)8-9-14(13)16/h8-9H,2-7,10H2,1H3. The molecule has 18 heavy (non-hydrogen) atoms. The zero-order valence-corrected chi connectivity index (χ0v) is 10.9. The summed E-state index contributed by atoms with van der Waals surface area (Å²) in [6, 6.07) is 4.30. The molecular formula is C15H19NO2. The number of carbonyl (C=O) groups is 1. The van der Waals surface area contributed by atoms with Crippen LogP contribution in [0.3, 0.4) is 0 Å². The Morgan fingerprint density at radius 1 is 1.22 bits per heavy atom. The van der Waals surface area contributed by atoms with E-state index in [9.17, 15) is 4.79 Å². The topological polar surface area (TPSA) is 29.5 Å². The van der Waals surface area contributed by atoms with Crippen LogP contribution in [-0.2, 0) is 24.0 Å². The van der Waals surface area contributed by atoms with E-state index in [0.29, 0.717) is 6.61 Å². The quantitative estimate of drug-likeness (QED) is 0.761. The molecule has 1 aromatic carbocycles. The van der Waals surface area contributed by atoms with E-state index < -0.39 is 0 Å². The molecule has 0 fully saturated rings. The minimum absolute atomic E-state index is 0.198. The average Bonchev–Trinajstić information content (AvgIpc) is 2.86. The second-order valence-corrected chi connectivity index (χ2v) is 5.01. The van der Waals surface area contributed by atoms with Gasteiger partial charge >= 0.3 is 6.09 Å². The Bertz CT molecular complexity index is 482. The molecular weight excluding hydrogens is 226 g/mol. The number of ether oxygens (including phenoxy) is 1. The largest absolute Gasteiger partial charge is 0.449 e. The normalized spacial score (nSPS) is 17.3. The highest BCUT2D eigenvalue weighted by molar-refractivity contribution is 5.89. The van der Waals surface area contributed by atoms with Gasteiger partial charge in [0.1, 0.15) is 0 Å². The molecule has 3 rings (SSSR count). The van der Waals surface area contributed by atoms with Gasteiger partial charge in [-0.25, -0.2) is 4.79 Å². The number of hydrogen-bond acceptors (Lipinski definition) is 2. The van der Waals surface area contributed by atoms with E-state index in [1.807, 2.05) is 6.92 Å². The molecule has 0 atom stereocenters. The zero-order valence-electron chi connectivity index (χ0n) is 10.9. The Hall–Kier alpha value is -1.51. The van der Waals surface area contributed by atoms with Gasteiger partial charge in [-0.3, -0.25) is 4.90 Å². The molecule has 1 aromatic rings. The minimum Gasteiger partial charge on any atom is -0.449 e. The van der Waals surface area contributed by atoms with Gasteiger partial charge in [0.05, 0.1) is 12.3 Å². The van der Waals surface area contributed by atoms with Crippen LogP contribution in [0.15, 0.2) is 12.1 Å². The number of fused-ring (bicyclic) bond motifs is 3. The Kier molecular flexibility index (Phi) is 2.98. The van der Waals surface area contributed by atoms with Crippen molar-refractivity contribution < 1.29 is 9.53 Å². The molecule has 3 heteroatoms. The smallest absolute Gasteiger partial charge is 0.414 e. The molecule has 0 aromatic heterocycles. The molecule has 1 aliphatic carbocycles. The number of rotatable bonds is 1. The van der Waals surface area contributed by atoms with Crippen LogP contribution in [-0.4, -0.2) is 19.2 Å². The zero-order chi connectivity index (χ0) is 12.5. The van der Waals surface area contributed by atoms with Crippen molar-refractivity contribution in [2.24, 2.45) is 0 Å². The lowest BCUT2D eigenvalue weighted by Gasteiger charge is -2.30. The molecule has 0 spiro atoms. The predicted octanol–water partition coefficient (Wildman–Crippen LogP) is 3.08. The van der Waals surface area contributed by atoms with Gasteiger partial charge < -0.3 is 4.74 Å². The van der Waals surface area contributed by atoms with Crippen molar-refractivity contribution in [3.8, 4) is 0 Å². The molecule has 0 saturated heterocycles. The van der Waals surface area contributed by atoms with Crippen molar-refractivity contribution in [1.82, 2.24) is 0 Å². The molecule has 0 saturated carbocycles. The third-order valence-corrected chi connectivity index (χ3v) is 3.96.